The molecule has 0 N–H and O–H groups in total. The Hall–Kier alpha value is -2.20. The predicted octanol–water partition coefficient (Wildman–Crippen LogP) is 5.03. The molecule has 2 atom stereocenters. The van der Waals surface area contributed by atoms with Gasteiger partial charge in [-0.1, -0.05) is 0 Å². The van der Waals surface area contributed by atoms with Crippen LogP contribution in [0.1, 0.15) is 36.2 Å². The third-order valence-corrected chi connectivity index (χ3v) is 5.14. The highest BCUT2D eigenvalue weighted by Gasteiger charge is 2.40. The minimum atomic E-state index is -0.556. The van der Waals surface area contributed by atoms with E-state index in [4.69, 9.17) is 4.74 Å². The Morgan fingerprint density at radius 3 is 2.70 bits per heavy atom. The Kier molecular flexibility index (Phi) is 2.55. The van der Waals surface area contributed by atoms with E-state index in [1.54, 1.807) is 0 Å². The molecule has 3 aromatic rings. The van der Waals surface area contributed by atoms with Crippen LogP contribution in [0, 0.1) is 11.6 Å². The molecule has 0 spiro atoms. The maximum atomic E-state index is 14.3. The normalized spacial score (nSPS) is 22.0. The number of fused-ring (bicyclic) bond motifs is 7. The van der Waals surface area contributed by atoms with Gasteiger partial charge in [0.05, 0.1) is 17.7 Å². The molecule has 0 saturated carbocycles. The van der Waals surface area contributed by atoms with Crippen LogP contribution in [0.25, 0.3) is 22.0 Å². The molecular weight excluding hydrogens is 296 g/mol. The molecule has 3 heterocycles. The van der Waals surface area contributed by atoms with E-state index in [0.717, 1.165) is 40.9 Å². The average molecular weight is 311 g/mol. The molecule has 2 aromatic carbocycles. The van der Waals surface area contributed by atoms with E-state index in [9.17, 15) is 8.78 Å². The molecule has 2 aliphatic rings. The van der Waals surface area contributed by atoms with Crippen molar-refractivity contribution in [3.63, 3.8) is 0 Å². The van der Waals surface area contributed by atoms with Crippen molar-refractivity contribution in [1.82, 2.24) is 4.57 Å². The van der Waals surface area contributed by atoms with Crippen molar-refractivity contribution in [3.8, 4) is 11.1 Å². The van der Waals surface area contributed by atoms with Crippen molar-refractivity contribution in [2.75, 3.05) is 0 Å². The molecule has 0 radical (unpaired) electrons. The number of aromatic nitrogens is 1. The van der Waals surface area contributed by atoms with Gasteiger partial charge in [-0.25, -0.2) is 8.78 Å². The van der Waals surface area contributed by atoms with Gasteiger partial charge in [0.2, 0.25) is 0 Å². The highest BCUT2D eigenvalue weighted by molar-refractivity contribution is 5.99. The third-order valence-electron chi connectivity index (χ3n) is 5.14. The fraction of sp³-hybridized carbons (Fsp3) is 0.263. The summed E-state index contributed by atoms with van der Waals surface area (Å²) < 4.78 is 35.7. The van der Waals surface area contributed by atoms with Gasteiger partial charge >= 0.3 is 0 Å². The molecule has 0 amide bonds. The lowest BCUT2D eigenvalue weighted by molar-refractivity contribution is 0.0720. The van der Waals surface area contributed by atoms with Gasteiger partial charge < -0.3 is 9.30 Å². The van der Waals surface area contributed by atoms with E-state index < -0.39 is 11.6 Å². The average Bonchev–Trinajstić information content (AvgIpc) is 3.22. The molecule has 2 bridgehead atoms. The van der Waals surface area contributed by atoms with Gasteiger partial charge in [0, 0.05) is 35.8 Å². The van der Waals surface area contributed by atoms with E-state index in [-0.39, 0.29) is 12.2 Å². The van der Waals surface area contributed by atoms with Crippen LogP contribution in [0.2, 0.25) is 0 Å². The monoisotopic (exact) mass is 311 g/mol. The van der Waals surface area contributed by atoms with Gasteiger partial charge in [-0.05, 0) is 48.2 Å². The van der Waals surface area contributed by atoms with Crippen LogP contribution in [-0.4, -0.2) is 4.57 Å². The van der Waals surface area contributed by atoms with Crippen LogP contribution in [0.5, 0.6) is 0 Å². The second-order valence-electron chi connectivity index (χ2n) is 6.43. The topological polar surface area (TPSA) is 14.2 Å². The Morgan fingerprint density at radius 1 is 1.04 bits per heavy atom. The third kappa shape index (κ3) is 1.70. The van der Waals surface area contributed by atoms with Gasteiger partial charge in [-0.15, -0.1) is 0 Å². The van der Waals surface area contributed by atoms with Gasteiger partial charge in [-0.3, -0.25) is 0 Å². The van der Waals surface area contributed by atoms with Crippen LogP contribution in [0.4, 0.5) is 8.78 Å². The lowest BCUT2D eigenvalue weighted by atomic mass is 9.86. The summed E-state index contributed by atoms with van der Waals surface area (Å²) in [5, 5.41) is 0.993. The number of benzene rings is 2. The maximum Gasteiger partial charge on any atom is 0.133 e. The Bertz CT molecular complexity index is 960. The summed E-state index contributed by atoms with van der Waals surface area (Å²) in [7, 11) is 2.00. The molecule has 116 valence electrons. The summed E-state index contributed by atoms with van der Waals surface area (Å²) in [4.78, 5) is 0. The van der Waals surface area contributed by atoms with Crippen molar-refractivity contribution < 1.29 is 13.5 Å². The molecule has 2 nitrogen and oxygen atoms in total. The second-order valence-corrected chi connectivity index (χ2v) is 6.43. The second kappa shape index (κ2) is 4.42. The summed E-state index contributed by atoms with van der Waals surface area (Å²) in [6.45, 7) is 0. The zero-order valence-electron chi connectivity index (χ0n) is 12.6. The summed E-state index contributed by atoms with van der Waals surface area (Å²) in [6, 6.07) is 7.81. The van der Waals surface area contributed by atoms with E-state index in [1.165, 1.54) is 17.7 Å². The number of aryl methyl sites for hydroxylation is 1. The summed E-state index contributed by atoms with van der Waals surface area (Å²) in [6.07, 6.45) is 4.30. The highest BCUT2D eigenvalue weighted by Crippen LogP contribution is 2.54. The van der Waals surface area contributed by atoms with Gasteiger partial charge in [0.15, 0.2) is 0 Å². The predicted molar refractivity (Wildman–Crippen MR) is 84.1 cm³/mol. The van der Waals surface area contributed by atoms with Gasteiger partial charge in [0.1, 0.15) is 11.6 Å². The summed E-state index contributed by atoms with van der Waals surface area (Å²) in [5.41, 5.74) is 4.76. The van der Waals surface area contributed by atoms with E-state index in [1.807, 2.05) is 25.4 Å². The molecule has 1 saturated heterocycles. The molecule has 5 rings (SSSR count). The van der Waals surface area contributed by atoms with Crippen molar-refractivity contribution in [1.29, 1.82) is 0 Å². The molecular formula is C19H15F2NO. The molecule has 4 heteroatoms. The van der Waals surface area contributed by atoms with Crippen LogP contribution in [0.15, 0.2) is 36.5 Å². The lowest BCUT2D eigenvalue weighted by Gasteiger charge is -2.17. The smallest absolute Gasteiger partial charge is 0.133 e. The van der Waals surface area contributed by atoms with Crippen LogP contribution in [0.3, 0.4) is 0 Å². The van der Waals surface area contributed by atoms with Crippen LogP contribution >= 0.6 is 0 Å². The lowest BCUT2D eigenvalue weighted by Crippen LogP contribution is -2.02. The first-order chi connectivity index (χ1) is 11.1. The summed E-state index contributed by atoms with van der Waals surface area (Å²) in [5.74, 6) is -1.08. The number of hydrogen-bond donors (Lipinski definition) is 0. The number of nitrogens with zero attached hydrogens (tertiary/aromatic N) is 1. The SMILES string of the molecule is Cn1ccc2c(-c3ccc(F)cc3F)cc3c(c21)C1CCC3O1. The Labute approximate surface area is 132 Å². The number of ether oxygens (including phenoxy) is 1. The molecule has 2 unspecified atom stereocenters. The highest BCUT2D eigenvalue weighted by atomic mass is 19.1. The fourth-order valence-electron chi connectivity index (χ4n) is 4.14. The fourth-order valence-corrected chi connectivity index (χ4v) is 4.14. The van der Waals surface area contributed by atoms with E-state index in [0.29, 0.717) is 5.56 Å². The number of halogens is 2. The minimum Gasteiger partial charge on any atom is -0.366 e. The Balaban J connectivity index is 1.87. The van der Waals surface area contributed by atoms with Crippen LogP contribution in [-0.2, 0) is 11.8 Å². The number of hydrogen-bond acceptors (Lipinski definition) is 1. The maximum absolute atomic E-state index is 14.3. The van der Waals surface area contributed by atoms with E-state index >= 15 is 0 Å². The molecule has 1 aromatic heterocycles. The zero-order chi connectivity index (χ0) is 15.7. The zero-order valence-corrected chi connectivity index (χ0v) is 12.6. The molecule has 2 aliphatic heterocycles. The first-order valence-corrected chi connectivity index (χ1v) is 7.86. The standard InChI is InChI=1S/C19H15F2NO/c1-22-7-6-12-13(11-3-2-10(20)8-15(11)21)9-14-16-4-5-17(23-16)18(14)19(12)22/h2-3,6-9,16-17H,4-5H2,1H3. The van der Waals surface area contributed by atoms with Crippen molar-refractivity contribution in [3.05, 3.63) is 59.3 Å². The molecule has 23 heavy (non-hydrogen) atoms. The molecule has 1 fully saturated rings. The van der Waals surface area contributed by atoms with Gasteiger partial charge in [-0.2, -0.15) is 0 Å². The van der Waals surface area contributed by atoms with Crippen molar-refractivity contribution in [2.24, 2.45) is 7.05 Å². The summed E-state index contributed by atoms with van der Waals surface area (Å²) >= 11 is 0. The first kappa shape index (κ1) is 13.3. The van der Waals surface area contributed by atoms with Gasteiger partial charge in [0.25, 0.3) is 0 Å². The Morgan fingerprint density at radius 2 is 1.87 bits per heavy atom. The van der Waals surface area contributed by atoms with E-state index in [2.05, 4.69) is 4.57 Å². The number of rotatable bonds is 1. The van der Waals surface area contributed by atoms with Crippen molar-refractivity contribution >= 4 is 10.9 Å². The quantitative estimate of drug-likeness (QED) is 0.615. The minimum absolute atomic E-state index is 0.108. The van der Waals surface area contributed by atoms with Crippen molar-refractivity contribution in [2.45, 2.75) is 25.0 Å². The molecule has 0 aliphatic carbocycles. The van der Waals surface area contributed by atoms with Crippen LogP contribution < -0.4 is 0 Å². The first-order valence-electron chi connectivity index (χ1n) is 7.86. The largest absolute Gasteiger partial charge is 0.366 e.